The summed E-state index contributed by atoms with van der Waals surface area (Å²) in [5, 5.41) is 1.50. The molecule has 34 heavy (non-hydrogen) atoms. The molecule has 0 atom stereocenters. The average molecular weight is 465 g/mol. The monoisotopic (exact) mass is 464 g/mol. The van der Waals surface area contributed by atoms with Crippen molar-refractivity contribution in [3.05, 3.63) is 77.4 Å². The second kappa shape index (κ2) is 11.0. The minimum absolute atomic E-state index is 0.219. The number of hydrogen-bond acceptors (Lipinski definition) is 1. The zero-order valence-electron chi connectivity index (χ0n) is 19.6. The molecule has 1 aliphatic rings. The molecule has 4 rings (SSSR count). The van der Waals surface area contributed by atoms with Gasteiger partial charge in [-0.1, -0.05) is 68.7 Å². The lowest BCUT2D eigenvalue weighted by Gasteiger charge is -2.29. The van der Waals surface area contributed by atoms with Crippen LogP contribution in [0.5, 0.6) is 5.75 Å². The SMILES string of the molecule is CCCCCC1CCC(c2ccc(C#Cc3ccc4cc(OC(F)(F)F)ccc4c3)cc2)CC1. The maximum absolute atomic E-state index is 12.4. The first-order chi connectivity index (χ1) is 16.4. The van der Waals surface area contributed by atoms with Crippen LogP contribution in [0.2, 0.25) is 0 Å². The van der Waals surface area contributed by atoms with Crippen molar-refractivity contribution < 1.29 is 17.9 Å². The van der Waals surface area contributed by atoms with Gasteiger partial charge in [-0.25, -0.2) is 0 Å². The quantitative estimate of drug-likeness (QED) is 0.261. The summed E-state index contributed by atoms with van der Waals surface area (Å²) in [5.41, 5.74) is 3.20. The largest absolute Gasteiger partial charge is 0.573 e. The Morgan fingerprint density at radius 3 is 2.15 bits per heavy atom. The Bertz CT molecular complexity index is 1140. The first-order valence-electron chi connectivity index (χ1n) is 12.3. The smallest absolute Gasteiger partial charge is 0.406 e. The summed E-state index contributed by atoms with van der Waals surface area (Å²) < 4.78 is 41.3. The highest BCUT2D eigenvalue weighted by Crippen LogP contribution is 2.37. The summed E-state index contributed by atoms with van der Waals surface area (Å²) in [7, 11) is 0. The van der Waals surface area contributed by atoms with Crippen LogP contribution in [0.25, 0.3) is 10.8 Å². The number of halogens is 3. The van der Waals surface area contributed by atoms with Gasteiger partial charge in [0.25, 0.3) is 0 Å². The summed E-state index contributed by atoms with van der Waals surface area (Å²) >= 11 is 0. The number of benzene rings is 3. The molecule has 3 aromatic rings. The Morgan fingerprint density at radius 1 is 0.794 bits per heavy atom. The van der Waals surface area contributed by atoms with Gasteiger partial charge in [0.2, 0.25) is 0 Å². The number of alkyl halides is 3. The van der Waals surface area contributed by atoms with Crippen molar-refractivity contribution in [3.63, 3.8) is 0 Å². The molecule has 4 heteroatoms. The van der Waals surface area contributed by atoms with Crippen LogP contribution in [0.1, 0.15) is 80.9 Å². The molecule has 0 bridgehead atoms. The Labute approximate surface area is 200 Å². The average Bonchev–Trinajstić information content (AvgIpc) is 2.83. The Balaban J connectivity index is 1.36. The van der Waals surface area contributed by atoms with Gasteiger partial charge in [-0.05, 0) is 90.3 Å². The van der Waals surface area contributed by atoms with Gasteiger partial charge in [-0.15, -0.1) is 13.2 Å². The molecule has 0 unspecified atom stereocenters. The van der Waals surface area contributed by atoms with E-state index < -0.39 is 6.36 Å². The van der Waals surface area contributed by atoms with E-state index in [-0.39, 0.29) is 5.75 Å². The molecule has 0 amide bonds. The highest BCUT2D eigenvalue weighted by molar-refractivity contribution is 5.85. The summed E-state index contributed by atoms with van der Waals surface area (Å²) in [5.74, 6) is 7.74. The summed E-state index contributed by atoms with van der Waals surface area (Å²) in [6, 6.07) is 18.4. The molecule has 0 radical (unpaired) electrons. The van der Waals surface area contributed by atoms with Gasteiger partial charge in [0.05, 0.1) is 0 Å². The minimum atomic E-state index is -4.69. The van der Waals surface area contributed by atoms with E-state index >= 15 is 0 Å². The summed E-state index contributed by atoms with van der Waals surface area (Å²) in [6.07, 6.45) is 6.01. The molecule has 1 aliphatic carbocycles. The Kier molecular flexibility index (Phi) is 7.83. The molecule has 0 saturated heterocycles. The second-order valence-electron chi connectivity index (χ2n) is 9.36. The molecule has 178 valence electrons. The van der Waals surface area contributed by atoms with E-state index in [0.29, 0.717) is 11.3 Å². The van der Waals surface area contributed by atoms with Gasteiger partial charge >= 0.3 is 6.36 Å². The first-order valence-corrected chi connectivity index (χ1v) is 12.3. The lowest BCUT2D eigenvalue weighted by molar-refractivity contribution is -0.274. The van der Waals surface area contributed by atoms with Gasteiger partial charge < -0.3 is 4.74 Å². The van der Waals surface area contributed by atoms with E-state index in [4.69, 9.17) is 0 Å². The van der Waals surface area contributed by atoms with E-state index in [0.717, 1.165) is 22.4 Å². The van der Waals surface area contributed by atoms with Crippen molar-refractivity contribution in [1.82, 2.24) is 0 Å². The van der Waals surface area contributed by atoms with Crippen molar-refractivity contribution in [3.8, 4) is 17.6 Å². The van der Waals surface area contributed by atoms with Crippen LogP contribution >= 0.6 is 0 Å². The normalized spacial score (nSPS) is 18.4. The van der Waals surface area contributed by atoms with Crippen LogP contribution in [-0.2, 0) is 0 Å². The molecule has 0 aliphatic heterocycles. The zero-order valence-corrected chi connectivity index (χ0v) is 19.6. The lowest BCUT2D eigenvalue weighted by Crippen LogP contribution is -2.16. The molecule has 0 N–H and O–H groups in total. The third-order valence-corrected chi connectivity index (χ3v) is 6.84. The molecule has 1 fully saturated rings. The molecule has 0 spiro atoms. The van der Waals surface area contributed by atoms with E-state index in [2.05, 4.69) is 47.8 Å². The van der Waals surface area contributed by atoms with Crippen LogP contribution in [-0.4, -0.2) is 6.36 Å². The maximum atomic E-state index is 12.4. The van der Waals surface area contributed by atoms with Crippen molar-refractivity contribution in [2.24, 2.45) is 5.92 Å². The number of unbranched alkanes of at least 4 members (excludes halogenated alkanes) is 2. The van der Waals surface area contributed by atoms with E-state index in [1.807, 2.05) is 12.1 Å². The fourth-order valence-corrected chi connectivity index (χ4v) is 4.95. The molecule has 1 nitrogen and oxygen atoms in total. The predicted octanol–water partition coefficient (Wildman–Crippen LogP) is 8.99. The summed E-state index contributed by atoms with van der Waals surface area (Å²) in [6.45, 7) is 2.27. The van der Waals surface area contributed by atoms with Crippen molar-refractivity contribution in [2.45, 2.75) is 70.6 Å². The van der Waals surface area contributed by atoms with Crippen LogP contribution in [0.3, 0.4) is 0 Å². The molecule has 0 aromatic heterocycles. The zero-order chi connectivity index (χ0) is 24.0. The fourth-order valence-electron chi connectivity index (χ4n) is 4.95. The lowest BCUT2D eigenvalue weighted by atomic mass is 9.77. The number of rotatable bonds is 6. The Hall–Kier alpha value is -2.93. The topological polar surface area (TPSA) is 9.23 Å². The van der Waals surface area contributed by atoms with Gasteiger partial charge in [0.15, 0.2) is 0 Å². The highest BCUT2D eigenvalue weighted by atomic mass is 19.4. The van der Waals surface area contributed by atoms with Crippen molar-refractivity contribution in [2.75, 3.05) is 0 Å². The third-order valence-electron chi connectivity index (χ3n) is 6.84. The Morgan fingerprint density at radius 2 is 1.44 bits per heavy atom. The third kappa shape index (κ3) is 6.79. The van der Waals surface area contributed by atoms with Gasteiger partial charge in [0, 0.05) is 11.1 Å². The highest BCUT2D eigenvalue weighted by Gasteiger charge is 2.31. The van der Waals surface area contributed by atoms with Gasteiger partial charge in [-0.2, -0.15) is 0 Å². The predicted molar refractivity (Wildman–Crippen MR) is 132 cm³/mol. The fraction of sp³-hybridized carbons (Fsp3) is 0.400. The van der Waals surface area contributed by atoms with Crippen LogP contribution in [0.15, 0.2) is 60.7 Å². The number of fused-ring (bicyclic) bond motifs is 1. The van der Waals surface area contributed by atoms with Crippen molar-refractivity contribution in [1.29, 1.82) is 0 Å². The van der Waals surface area contributed by atoms with E-state index in [1.165, 1.54) is 69.1 Å². The van der Waals surface area contributed by atoms with Gasteiger partial charge in [0.1, 0.15) is 5.75 Å². The summed E-state index contributed by atoms with van der Waals surface area (Å²) in [4.78, 5) is 0. The standard InChI is InChI=1S/C30H31F3O/c1-2-3-4-5-22-8-13-25(14-9-22)26-15-10-23(11-16-26)6-7-24-12-17-28-21-29(34-30(31,32)33)19-18-27(28)20-24/h10-12,15-22,25H,2-5,8-9,13-14H2,1H3. The molecule has 3 aromatic carbocycles. The van der Waals surface area contributed by atoms with Gasteiger partial charge in [-0.3, -0.25) is 0 Å². The maximum Gasteiger partial charge on any atom is 0.573 e. The number of hydrogen-bond donors (Lipinski definition) is 0. The van der Waals surface area contributed by atoms with Crippen molar-refractivity contribution >= 4 is 10.8 Å². The molecule has 0 heterocycles. The van der Waals surface area contributed by atoms with E-state index in [9.17, 15) is 13.2 Å². The minimum Gasteiger partial charge on any atom is -0.406 e. The van der Waals surface area contributed by atoms with Crippen LogP contribution < -0.4 is 4.74 Å². The first kappa shape index (κ1) is 24.2. The molecular formula is C30H31F3O. The molecular weight excluding hydrogens is 433 g/mol. The second-order valence-corrected chi connectivity index (χ2v) is 9.36. The van der Waals surface area contributed by atoms with Crippen LogP contribution in [0.4, 0.5) is 13.2 Å². The molecule has 1 saturated carbocycles. The van der Waals surface area contributed by atoms with Crippen LogP contribution in [0, 0.1) is 17.8 Å². The van der Waals surface area contributed by atoms with E-state index in [1.54, 1.807) is 12.1 Å². The number of ether oxygens (including phenoxy) is 1.